The summed E-state index contributed by atoms with van der Waals surface area (Å²) >= 11 is 0. The third kappa shape index (κ3) is 3.42. The number of ether oxygens (including phenoxy) is 1. The number of rotatable bonds is 4. The summed E-state index contributed by atoms with van der Waals surface area (Å²) in [5.41, 5.74) is 4.00. The summed E-state index contributed by atoms with van der Waals surface area (Å²) in [5, 5.41) is 3.26. The number of nitrogens with zero attached hydrogens (tertiary/aromatic N) is 2. The number of ketones is 1. The average molecular weight is 337 g/mol. The molecule has 0 bridgehead atoms. The normalized spacial score (nSPS) is 22.7. The largest absolute Gasteiger partial charge is 0.376 e. The van der Waals surface area contributed by atoms with Gasteiger partial charge in [-0.25, -0.2) is 9.97 Å². The minimum absolute atomic E-state index is 0.139. The van der Waals surface area contributed by atoms with Crippen molar-refractivity contribution in [2.24, 2.45) is 0 Å². The molecule has 1 aromatic carbocycles. The Labute approximate surface area is 147 Å². The van der Waals surface area contributed by atoms with Crippen molar-refractivity contribution in [1.29, 1.82) is 0 Å². The summed E-state index contributed by atoms with van der Waals surface area (Å²) in [6.45, 7) is 3.65. The first-order chi connectivity index (χ1) is 12.2. The maximum atomic E-state index is 12.5. The summed E-state index contributed by atoms with van der Waals surface area (Å²) in [4.78, 5) is 21.5. The summed E-state index contributed by atoms with van der Waals surface area (Å²) < 4.78 is 5.62. The van der Waals surface area contributed by atoms with E-state index in [1.54, 1.807) is 6.20 Å². The first kappa shape index (κ1) is 16.2. The van der Waals surface area contributed by atoms with E-state index in [0.29, 0.717) is 24.5 Å². The number of carbonyl (C=O) groups is 1. The van der Waals surface area contributed by atoms with Crippen molar-refractivity contribution in [2.45, 2.75) is 44.6 Å². The second-order valence-electron chi connectivity index (χ2n) is 6.95. The Morgan fingerprint density at radius 1 is 1.28 bits per heavy atom. The zero-order chi connectivity index (χ0) is 17.2. The minimum atomic E-state index is 0.139. The first-order valence-electron chi connectivity index (χ1n) is 9.01. The van der Waals surface area contributed by atoms with Gasteiger partial charge in [0.2, 0.25) is 5.95 Å². The lowest BCUT2D eigenvalue weighted by atomic mass is 9.81. The van der Waals surface area contributed by atoms with Crippen LogP contribution in [0.1, 0.15) is 52.4 Å². The fourth-order valence-electron chi connectivity index (χ4n) is 3.81. The van der Waals surface area contributed by atoms with Gasteiger partial charge in [0, 0.05) is 25.8 Å². The summed E-state index contributed by atoms with van der Waals surface area (Å²) in [6.07, 6.45) is 5.42. The quantitative estimate of drug-likeness (QED) is 0.927. The van der Waals surface area contributed by atoms with Crippen molar-refractivity contribution in [3.05, 3.63) is 52.8 Å². The van der Waals surface area contributed by atoms with Crippen LogP contribution in [0.2, 0.25) is 0 Å². The lowest BCUT2D eigenvalue weighted by Gasteiger charge is -2.24. The van der Waals surface area contributed by atoms with Crippen LogP contribution in [0, 0.1) is 6.92 Å². The van der Waals surface area contributed by atoms with Crippen LogP contribution >= 0.6 is 0 Å². The molecule has 0 spiro atoms. The zero-order valence-electron chi connectivity index (χ0n) is 14.5. The van der Waals surface area contributed by atoms with Gasteiger partial charge in [-0.15, -0.1) is 0 Å². The van der Waals surface area contributed by atoms with E-state index in [-0.39, 0.29) is 17.8 Å². The maximum Gasteiger partial charge on any atom is 0.222 e. The van der Waals surface area contributed by atoms with E-state index in [9.17, 15) is 4.79 Å². The molecule has 4 rings (SSSR count). The number of Topliss-reactive ketones (excluding diaryl/α,β-unsaturated/α-hetero) is 1. The van der Waals surface area contributed by atoms with E-state index in [1.165, 1.54) is 11.1 Å². The maximum absolute atomic E-state index is 12.5. The van der Waals surface area contributed by atoms with Crippen LogP contribution in [0.3, 0.4) is 0 Å². The Balaban J connectivity index is 1.53. The topological polar surface area (TPSA) is 64.1 Å². The summed E-state index contributed by atoms with van der Waals surface area (Å²) in [6, 6.07) is 8.30. The molecule has 0 radical (unpaired) electrons. The molecule has 2 aliphatic rings. The molecule has 1 aromatic heterocycles. The predicted molar refractivity (Wildman–Crippen MR) is 96.1 cm³/mol. The lowest BCUT2D eigenvalue weighted by molar-refractivity contribution is 0.0962. The van der Waals surface area contributed by atoms with Gasteiger partial charge in [0.15, 0.2) is 5.78 Å². The lowest BCUT2D eigenvalue weighted by Crippen LogP contribution is -2.23. The van der Waals surface area contributed by atoms with E-state index < -0.39 is 0 Å². The van der Waals surface area contributed by atoms with E-state index in [0.717, 1.165) is 31.6 Å². The molecular formula is C20H23N3O2. The molecule has 1 aliphatic heterocycles. The standard InChI is InChI=1S/C20H23N3O2/c1-13-5-2-3-7-16(13)14-9-18-17(19(24)10-14)12-22-20(23-18)21-11-15-6-4-8-25-15/h2-3,5,7,12,14-15H,4,6,8-11H2,1H3,(H,21,22,23)/t14-,15-/m1/s1. The fourth-order valence-corrected chi connectivity index (χ4v) is 3.81. The minimum Gasteiger partial charge on any atom is -0.376 e. The van der Waals surface area contributed by atoms with Gasteiger partial charge in [-0.05, 0) is 43.2 Å². The number of aryl methyl sites for hydroxylation is 1. The molecular weight excluding hydrogens is 314 g/mol. The highest BCUT2D eigenvalue weighted by Crippen LogP contribution is 2.33. The Morgan fingerprint density at radius 2 is 2.16 bits per heavy atom. The van der Waals surface area contributed by atoms with Crippen LogP contribution in [0.4, 0.5) is 5.95 Å². The Hall–Kier alpha value is -2.27. The first-order valence-corrected chi connectivity index (χ1v) is 9.01. The number of aromatic nitrogens is 2. The van der Waals surface area contributed by atoms with Crippen LogP contribution in [0.25, 0.3) is 0 Å². The molecule has 0 amide bonds. The Bertz CT molecular complexity index is 784. The molecule has 2 aromatic rings. The molecule has 0 unspecified atom stereocenters. The monoisotopic (exact) mass is 337 g/mol. The average Bonchev–Trinajstić information content (AvgIpc) is 3.13. The number of carbonyl (C=O) groups excluding carboxylic acids is 1. The molecule has 2 atom stereocenters. The van der Waals surface area contributed by atoms with Gasteiger partial charge in [-0.1, -0.05) is 24.3 Å². The predicted octanol–water partition coefficient (Wildman–Crippen LogP) is 3.29. The molecule has 5 heteroatoms. The summed E-state index contributed by atoms with van der Waals surface area (Å²) in [7, 11) is 0. The van der Waals surface area contributed by atoms with Crippen LogP contribution in [0.15, 0.2) is 30.5 Å². The highest BCUT2D eigenvalue weighted by molar-refractivity contribution is 5.98. The number of nitrogens with one attached hydrogen (secondary N) is 1. The summed E-state index contributed by atoms with van der Waals surface area (Å²) in [5.74, 6) is 0.926. The van der Waals surface area contributed by atoms with Crippen LogP contribution in [0.5, 0.6) is 0 Å². The number of anilines is 1. The molecule has 1 fully saturated rings. The van der Waals surface area contributed by atoms with E-state index in [2.05, 4.69) is 34.3 Å². The van der Waals surface area contributed by atoms with Gasteiger partial charge in [-0.2, -0.15) is 0 Å². The highest BCUT2D eigenvalue weighted by Gasteiger charge is 2.28. The van der Waals surface area contributed by atoms with Gasteiger partial charge in [0.1, 0.15) is 0 Å². The number of hydrogen-bond donors (Lipinski definition) is 1. The second kappa shape index (κ2) is 6.92. The molecule has 1 aliphatic carbocycles. The molecule has 1 N–H and O–H groups in total. The molecule has 5 nitrogen and oxygen atoms in total. The Kier molecular flexibility index (Phi) is 4.49. The third-order valence-corrected chi connectivity index (χ3v) is 5.18. The highest BCUT2D eigenvalue weighted by atomic mass is 16.5. The third-order valence-electron chi connectivity index (χ3n) is 5.18. The number of benzene rings is 1. The second-order valence-corrected chi connectivity index (χ2v) is 6.95. The molecule has 130 valence electrons. The molecule has 2 heterocycles. The van der Waals surface area contributed by atoms with Crippen molar-refractivity contribution in [2.75, 3.05) is 18.5 Å². The molecule has 0 saturated carbocycles. The smallest absolute Gasteiger partial charge is 0.222 e. The van der Waals surface area contributed by atoms with Crippen molar-refractivity contribution in [3.8, 4) is 0 Å². The van der Waals surface area contributed by atoms with Crippen LogP contribution in [-0.4, -0.2) is 35.0 Å². The molecule has 1 saturated heterocycles. The van der Waals surface area contributed by atoms with Gasteiger partial charge in [0.05, 0.1) is 17.4 Å². The zero-order valence-corrected chi connectivity index (χ0v) is 14.5. The Morgan fingerprint density at radius 3 is 2.96 bits per heavy atom. The van der Waals surface area contributed by atoms with Crippen molar-refractivity contribution >= 4 is 11.7 Å². The molecule has 25 heavy (non-hydrogen) atoms. The van der Waals surface area contributed by atoms with Gasteiger partial charge < -0.3 is 10.1 Å². The number of fused-ring (bicyclic) bond motifs is 1. The van der Waals surface area contributed by atoms with Gasteiger partial charge in [-0.3, -0.25) is 4.79 Å². The number of hydrogen-bond acceptors (Lipinski definition) is 5. The van der Waals surface area contributed by atoms with Crippen LogP contribution in [-0.2, 0) is 11.2 Å². The van der Waals surface area contributed by atoms with Gasteiger partial charge in [0.25, 0.3) is 0 Å². The van der Waals surface area contributed by atoms with Crippen molar-refractivity contribution in [1.82, 2.24) is 9.97 Å². The van der Waals surface area contributed by atoms with E-state index >= 15 is 0 Å². The SMILES string of the molecule is Cc1ccccc1[C@H]1CC(=O)c2cnc(NC[C@H]3CCCO3)nc2C1. The fraction of sp³-hybridized carbons (Fsp3) is 0.450. The van der Waals surface area contributed by atoms with E-state index in [4.69, 9.17) is 4.74 Å². The van der Waals surface area contributed by atoms with E-state index in [1.807, 2.05) is 12.1 Å². The van der Waals surface area contributed by atoms with Gasteiger partial charge >= 0.3 is 0 Å². The van der Waals surface area contributed by atoms with Crippen LogP contribution < -0.4 is 5.32 Å². The van der Waals surface area contributed by atoms with Crippen molar-refractivity contribution < 1.29 is 9.53 Å². The van der Waals surface area contributed by atoms with Crippen molar-refractivity contribution in [3.63, 3.8) is 0 Å².